The van der Waals surface area contributed by atoms with Crippen LogP contribution in [0.25, 0.3) is 0 Å². The summed E-state index contributed by atoms with van der Waals surface area (Å²) in [7, 11) is 0. The number of aliphatic hydroxyl groups excluding tert-OH is 1. The lowest BCUT2D eigenvalue weighted by Gasteiger charge is -2.32. The summed E-state index contributed by atoms with van der Waals surface area (Å²) in [6.45, 7) is 3.83. The highest BCUT2D eigenvalue weighted by Gasteiger charge is 2.24. The van der Waals surface area contributed by atoms with Crippen molar-refractivity contribution < 1.29 is 19.4 Å². The van der Waals surface area contributed by atoms with Crippen LogP contribution in [0, 0.1) is 0 Å². The zero-order valence-electron chi connectivity index (χ0n) is 16.2. The number of benzene rings is 1. The first-order valence-electron chi connectivity index (χ1n) is 9.70. The number of amides is 2. The molecular formula is C21H24N4O4. The predicted octanol–water partition coefficient (Wildman–Crippen LogP) is 0.950. The zero-order valence-corrected chi connectivity index (χ0v) is 16.2. The number of hydrogen-bond donors (Lipinski definition) is 3. The molecule has 0 bridgehead atoms. The third kappa shape index (κ3) is 4.38. The summed E-state index contributed by atoms with van der Waals surface area (Å²) in [5.41, 5.74) is 3.30. The normalized spacial score (nSPS) is 17.9. The smallest absolute Gasteiger partial charge is 0.262 e. The van der Waals surface area contributed by atoms with Gasteiger partial charge in [-0.15, -0.1) is 0 Å². The van der Waals surface area contributed by atoms with E-state index in [-0.39, 0.29) is 18.4 Å². The minimum absolute atomic E-state index is 0.0876. The molecule has 0 unspecified atom stereocenters. The molecule has 2 amide bonds. The second-order valence-corrected chi connectivity index (χ2v) is 7.50. The topological polar surface area (TPSA) is 104 Å². The van der Waals surface area contributed by atoms with E-state index in [0.29, 0.717) is 23.7 Å². The van der Waals surface area contributed by atoms with Crippen LogP contribution in [-0.2, 0) is 17.8 Å². The van der Waals surface area contributed by atoms with E-state index in [4.69, 9.17) is 4.74 Å². The Morgan fingerprint density at radius 2 is 2.17 bits per heavy atom. The lowest BCUT2D eigenvalue weighted by Crippen LogP contribution is -2.47. The molecule has 0 saturated carbocycles. The average molecular weight is 396 g/mol. The number of anilines is 1. The van der Waals surface area contributed by atoms with E-state index in [2.05, 4.69) is 32.7 Å². The molecule has 2 aromatic rings. The molecular weight excluding hydrogens is 372 g/mol. The molecule has 3 N–H and O–H groups in total. The van der Waals surface area contributed by atoms with Crippen LogP contribution in [-0.4, -0.2) is 58.6 Å². The molecule has 0 radical (unpaired) electrons. The number of pyridine rings is 1. The number of carbonyl (C=O) groups excluding carboxylic acids is 2. The van der Waals surface area contributed by atoms with Gasteiger partial charge in [-0.05, 0) is 30.5 Å². The maximum absolute atomic E-state index is 12.6. The first-order valence-corrected chi connectivity index (χ1v) is 9.70. The van der Waals surface area contributed by atoms with E-state index in [0.717, 1.165) is 19.5 Å². The molecule has 8 heteroatoms. The van der Waals surface area contributed by atoms with Crippen LogP contribution in [0.1, 0.15) is 28.4 Å². The van der Waals surface area contributed by atoms with Gasteiger partial charge in [-0.2, -0.15) is 0 Å². The molecule has 0 fully saturated rings. The second kappa shape index (κ2) is 8.18. The minimum Gasteiger partial charge on any atom is -0.466 e. The maximum Gasteiger partial charge on any atom is 0.262 e. The van der Waals surface area contributed by atoms with E-state index in [1.165, 1.54) is 23.4 Å². The van der Waals surface area contributed by atoms with Crippen LogP contribution in [0.15, 0.2) is 36.5 Å². The van der Waals surface area contributed by atoms with Gasteiger partial charge in [0.25, 0.3) is 11.8 Å². The van der Waals surface area contributed by atoms with E-state index >= 15 is 0 Å². The summed E-state index contributed by atoms with van der Waals surface area (Å²) in [5, 5.41) is 16.0. The fourth-order valence-electron chi connectivity index (χ4n) is 3.62. The van der Waals surface area contributed by atoms with E-state index in [1.807, 2.05) is 12.1 Å². The Balaban J connectivity index is 1.34. The van der Waals surface area contributed by atoms with E-state index < -0.39 is 12.1 Å². The molecule has 0 aliphatic carbocycles. The van der Waals surface area contributed by atoms with Crippen LogP contribution in [0.5, 0.6) is 5.88 Å². The highest BCUT2D eigenvalue weighted by Crippen LogP contribution is 2.25. The summed E-state index contributed by atoms with van der Waals surface area (Å²) in [4.78, 5) is 30.3. The molecule has 1 aromatic heterocycles. The van der Waals surface area contributed by atoms with Gasteiger partial charge in [-0.3, -0.25) is 14.5 Å². The molecule has 152 valence electrons. The van der Waals surface area contributed by atoms with Crippen LogP contribution in [0.3, 0.4) is 0 Å². The molecule has 2 aliphatic rings. The number of hydrogen-bond acceptors (Lipinski definition) is 6. The fourth-order valence-corrected chi connectivity index (χ4v) is 3.62. The third-order valence-electron chi connectivity index (χ3n) is 5.32. The number of nitrogens with one attached hydrogen (secondary N) is 2. The Morgan fingerprint density at radius 1 is 1.38 bits per heavy atom. The number of aliphatic hydroxyl groups is 1. The Hall–Kier alpha value is -2.97. The van der Waals surface area contributed by atoms with Gasteiger partial charge in [0.15, 0.2) is 6.61 Å². The van der Waals surface area contributed by atoms with Crippen molar-refractivity contribution in [2.45, 2.75) is 32.0 Å². The van der Waals surface area contributed by atoms with Crippen molar-refractivity contribution in [2.75, 3.05) is 25.0 Å². The van der Waals surface area contributed by atoms with Crippen LogP contribution < -0.4 is 15.4 Å². The summed E-state index contributed by atoms with van der Waals surface area (Å²) in [5.74, 6) is -0.362. The molecule has 4 rings (SSSR count). The van der Waals surface area contributed by atoms with Crippen molar-refractivity contribution in [2.24, 2.45) is 0 Å². The lowest BCUT2D eigenvalue weighted by molar-refractivity contribution is -0.118. The van der Waals surface area contributed by atoms with Gasteiger partial charge in [-0.25, -0.2) is 4.98 Å². The molecule has 8 nitrogen and oxygen atoms in total. The second-order valence-electron chi connectivity index (χ2n) is 7.50. The average Bonchev–Trinajstić information content (AvgIpc) is 2.73. The molecule has 0 spiro atoms. The monoisotopic (exact) mass is 396 g/mol. The molecule has 0 saturated heterocycles. The van der Waals surface area contributed by atoms with Gasteiger partial charge in [0.1, 0.15) is 5.69 Å². The largest absolute Gasteiger partial charge is 0.466 e. The molecule has 3 heterocycles. The number of nitrogens with zero attached hydrogens (tertiary/aromatic N) is 2. The van der Waals surface area contributed by atoms with Crippen molar-refractivity contribution in [3.8, 4) is 5.88 Å². The first kappa shape index (κ1) is 19.4. The Labute approximate surface area is 168 Å². The van der Waals surface area contributed by atoms with Crippen molar-refractivity contribution >= 4 is 17.5 Å². The van der Waals surface area contributed by atoms with Gasteiger partial charge in [-0.1, -0.05) is 24.3 Å². The van der Waals surface area contributed by atoms with E-state index in [9.17, 15) is 14.7 Å². The quantitative estimate of drug-likeness (QED) is 0.695. The number of fused-ring (bicyclic) bond motifs is 2. The molecule has 29 heavy (non-hydrogen) atoms. The number of aromatic nitrogens is 1. The third-order valence-corrected chi connectivity index (χ3v) is 5.32. The Morgan fingerprint density at radius 3 is 3.00 bits per heavy atom. The lowest BCUT2D eigenvalue weighted by atomic mass is 9.99. The Bertz CT molecular complexity index is 933. The Kier molecular flexibility index (Phi) is 5.46. The number of β-amino-alcohol motifs (C(OH)–C–C–N with tert-alkyl or cyclic N) is 1. The summed E-state index contributed by atoms with van der Waals surface area (Å²) in [6, 6.07) is 9.42. The van der Waals surface area contributed by atoms with E-state index in [1.54, 1.807) is 6.92 Å². The number of rotatable bonds is 5. The first-order chi connectivity index (χ1) is 14.0. The standard InChI is InChI=1S/C21H24N4O4/c1-13(18(26)11-25-7-6-14-4-2-3-5-15(14)10-25)23-20(28)16-8-17-21(22-9-16)29-12-19(27)24-17/h2-5,8-9,13,18,26H,6-7,10-12H2,1H3,(H,23,28)(H,24,27)/t13-,18-/m1/s1. The van der Waals surface area contributed by atoms with Crippen LogP contribution in [0.2, 0.25) is 0 Å². The molecule has 2 aliphatic heterocycles. The highest BCUT2D eigenvalue weighted by atomic mass is 16.5. The van der Waals surface area contributed by atoms with Crippen molar-refractivity contribution in [1.29, 1.82) is 0 Å². The zero-order chi connectivity index (χ0) is 20.4. The van der Waals surface area contributed by atoms with Crippen molar-refractivity contribution in [3.05, 3.63) is 53.2 Å². The number of carbonyl (C=O) groups is 2. The predicted molar refractivity (Wildman–Crippen MR) is 107 cm³/mol. The highest BCUT2D eigenvalue weighted by molar-refractivity contribution is 5.99. The van der Waals surface area contributed by atoms with Gasteiger partial charge in [0.2, 0.25) is 5.88 Å². The van der Waals surface area contributed by atoms with Crippen molar-refractivity contribution in [1.82, 2.24) is 15.2 Å². The van der Waals surface area contributed by atoms with Crippen molar-refractivity contribution in [3.63, 3.8) is 0 Å². The summed E-state index contributed by atoms with van der Waals surface area (Å²) < 4.78 is 5.20. The van der Waals surface area contributed by atoms with Gasteiger partial charge >= 0.3 is 0 Å². The van der Waals surface area contributed by atoms with Crippen LogP contribution in [0.4, 0.5) is 5.69 Å². The number of ether oxygens (including phenoxy) is 1. The molecule has 2 atom stereocenters. The van der Waals surface area contributed by atoms with Gasteiger partial charge in [0.05, 0.1) is 17.7 Å². The van der Waals surface area contributed by atoms with Crippen LogP contribution >= 0.6 is 0 Å². The minimum atomic E-state index is -0.710. The SMILES string of the molecule is C[C@@H](NC(=O)c1cnc2c(c1)NC(=O)CO2)[C@H](O)CN1CCc2ccccc2C1. The van der Waals surface area contributed by atoms with Gasteiger partial charge in [0, 0.05) is 25.8 Å². The fraction of sp³-hybridized carbons (Fsp3) is 0.381. The van der Waals surface area contributed by atoms with Gasteiger partial charge < -0.3 is 20.5 Å². The molecule has 1 aromatic carbocycles. The summed E-state index contributed by atoms with van der Waals surface area (Å²) >= 11 is 0. The maximum atomic E-state index is 12.6. The summed E-state index contributed by atoms with van der Waals surface area (Å²) in [6.07, 6.45) is 1.64.